The fourth-order valence-electron chi connectivity index (χ4n) is 3.19. The van der Waals surface area contributed by atoms with Gasteiger partial charge in [0.05, 0.1) is 11.3 Å². The largest absolute Gasteiger partial charge is 0.346 e. The molecule has 0 radical (unpaired) electrons. The second-order valence-corrected chi connectivity index (χ2v) is 6.88. The number of aryl methyl sites for hydroxylation is 2. The van der Waals surface area contributed by atoms with Gasteiger partial charge >= 0.3 is 0 Å². The zero-order valence-corrected chi connectivity index (χ0v) is 13.8. The van der Waals surface area contributed by atoms with Crippen LogP contribution in [0.1, 0.15) is 42.7 Å². The standard InChI is InChI=1S/C17H21N3S/c1-11-13(10-20(4)19-11)16(21)18-15-7-5-6-14-12(15)8-9-17(14,2)3/h5-7,10H,8-9H2,1-4H3,(H,18,21). The van der Waals surface area contributed by atoms with Gasteiger partial charge in [-0.3, -0.25) is 4.68 Å². The van der Waals surface area contributed by atoms with Gasteiger partial charge in [-0.05, 0) is 42.4 Å². The van der Waals surface area contributed by atoms with Gasteiger partial charge in [-0.2, -0.15) is 5.10 Å². The van der Waals surface area contributed by atoms with Crippen molar-refractivity contribution in [1.82, 2.24) is 9.78 Å². The summed E-state index contributed by atoms with van der Waals surface area (Å²) in [5, 5.41) is 7.79. The molecule has 21 heavy (non-hydrogen) atoms. The Labute approximate surface area is 131 Å². The first-order valence-corrected chi connectivity index (χ1v) is 7.73. The number of benzene rings is 1. The molecule has 110 valence electrons. The van der Waals surface area contributed by atoms with Crippen LogP contribution in [0.25, 0.3) is 0 Å². The van der Waals surface area contributed by atoms with E-state index in [2.05, 4.69) is 42.5 Å². The zero-order valence-electron chi connectivity index (χ0n) is 13.0. The summed E-state index contributed by atoms with van der Waals surface area (Å²) in [6.07, 6.45) is 4.28. The molecular formula is C17H21N3S. The maximum atomic E-state index is 5.57. The third kappa shape index (κ3) is 2.48. The third-order valence-electron chi connectivity index (χ3n) is 4.41. The van der Waals surface area contributed by atoms with Crippen LogP contribution in [0.2, 0.25) is 0 Å². The van der Waals surface area contributed by atoms with Crippen molar-refractivity contribution in [2.24, 2.45) is 7.05 Å². The zero-order chi connectivity index (χ0) is 15.2. The lowest BCUT2D eigenvalue weighted by molar-refractivity contribution is 0.522. The third-order valence-corrected chi connectivity index (χ3v) is 4.73. The predicted molar refractivity (Wildman–Crippen MR) is 91.1 cm³/mol. The molecule has 1 heterocycles. The van der Waals surface area contributed by atoms with E-state index in [9.17, 15) is 0 Å². The van der Waals surface area contributed by atoms with Crippen molar-refractivity contribution in [3.63, 3.8) is 0 Å². The molecule has 1 aromatic heterocycles. The van der Waals surface area contributed by atoms with Gasteiger partial charge < -0.3 is 5.32 Å². The average Bonchev–Trinajstić information content (AvgIpc) is 2.91. The molecule has 0 spiro atoms. The SMILES string of the molecule is Cc1nn(C)cc1C(=S)Nc1cccc2c1CCC2(C)C. The molecule has 1 aliphatic rings. The van der Waals surface area contributed by atoms with Gasteiger partial charge in [-0.15, -0.1) is 0 Å². The molecule has 0 atom stereocenters. The number of nitrogens with one attached hydrogen (secondary N) is 1. The van der Waals surface area contributed by atoms with Gasteiger partial charge in [-0.25, -0.2) is 0 Å². The highest BCUT2D eigenvalue weighted by Gasteiger charge is 2.31. The Balaban J connectivity index is 1.92. The molecule has 0 fully saturated rings. The molecule has 0 amide bonds. The molecule has 0 aliphatic heterocycles. The van der Waals surface area contributed by atoms with Crippen LogP contribution < -0.4 is 5.32 Å². The van der Waals surface area contributed by atoms with Crippen molar-refractivity contribution in [3.05, 3.63) is 46.8 Å². The lowest BCUT2D eigenvalue weighted by atomic mass is 9.86. The molecule has 4 heteroatoms. The minimum atomic E-state index is 0.263. The molecule has 1 N–H and O–H groups in total. The Bertz CT molecular complexity index is 713. The second kappa shape index (κ2) is 4.95. The van der Waals surface area contributed by atoms with Crippen molar-refractivity contribution in [3.8, 4) is 0 Å². The first kappa shape index (κ1) is 14.3. The molecule has 3 nitrogen and oxygen atoms in total. The van der Waals surface area contributed by atoms with Crippen molar-refractivity contribution in [1.29, 1.82) is 0 Å². The molecule has 1 aliphatic carbocycles. The van der Waals surface area contributed by atoms with E-state index in [-0.39, 0.29) is 5.41 Å². The summed E-state index contributed by atoms with van der Waals surface area (Å²) in [7, 11) is 1.92. The number of aromatic nitrogens is 2. The minimum absolute atomic E-state index is 0.263. The smallest absolute Gasteiger partial charge is 0.114 e. The highest BCUT2D eigenvalue weighted by atomic mass is 32.1. The van der Waals surface area contributed by atoms with Crippen molar-refractivity contribution < 1.29 is 0 Å². The maximum Gasteiger partial charge on any atom is 0.114 e. The van der Waals surface area contributed by atoms with Crippen LogP contribution in [0, 0.1) is 6.92 Å². The second-order valence-electron chi connectivity index (χ2n) is 6.47. The molecule has 0 saturated heterocycles. The predicted octanol–water partition coefficient (Wildman–Crippen LogP) is 3.74. The number of fused-ring (bicyclic) bond motifs is 1. The number of anilines is 1. The fraction of sp³-hybridized carbons (Fsp3) is 0.412. The summed E-state index contributed by atoms with van der Waals surface area (Å²) >= 11 is 5.57. The molecule has 0 unspecified atom stereocenters. The van der Waals surface area contributed by atoms with Gasteiger partial charge in [0.25, 0.3) is 0 Å². The summed E-state index contributed by atoms with van der Waals surface area (Å²) in [5.74, 6) is 0. The van der Waals surface area contributed by atoms with Gasteiger partial charge in [0.15, 0.2) is 0 Å². The molecule has 3 rings (SSSR count). The highest BCUT2D eigenvalue weighted by Crippen LogP contribution is 2.41. The molecule has 0 bridgehead atoms. The summed E-state index contributed by atoms with van der Waals surface area (Å²) in [5.41, 5.74) is 6.22. The Morgan fingerprint density at radius 2 is 2.14 bits per heavy atom. The van der Waals surface area contributed by atoms with E-state index in [0.717, 1.165) is 28.4 Å². The Morgan fingerprint density at radius 3 is 2.81 bits per heavy atom. The number of nitrogens with zero attached hydrogens (tertiary/aromatic N) is 2. The van der Waals surface area contributed by atoms with Crippen LogP contribution in [-0.4, -0.2) is 14.8 Å². The lowest BCUT2D eigenvalue weighted by Gasteiger charge is -2.19. The minimum Gasteiger partial charge on any atom is -0.346 e. The fourth-order valence-corrected chi connectivity index (χ4v) is 3.50. The van der Waals surface area contributed by atoms with Gasteiger partial charge in [0, 0.05) is 18.9 Å². The Morgan fingerprint density at radius 1 is 1.38 bits per heavy atom. The summed E-state index contributed by atoms with van der Waals surface area (Å²) < 4.78 is 1.80. The van der Waals surface area contributed by atoms with E-state index in [1.54, 1.807) is 4.68 Å². The Hall–Kier alpha value is -1.68. The average molecular weight is 299 g/mol. The summed E-state index contributed by atoms with van der Waals surface area (Å²) in [6.45, 7) is 6.61. The number of hydrogen-bond acceptors (Lipinski definition) is 2. The van der Waals surface area contributed by atoms with E-state index in [4.69, 9.17) is 12.2 Å². The van der Waals surface area contributed by atoms with Crippen LogP contribution in [0.5, 0.6) is 0 Å². The van der Waals surface area contributed by atoms with E-state index in [1.165, 1.54) is 17.5 Å². The van der Waals surface area contributed by atoms with E-state index in [1.807, 2.05) is 20.2 Å². The van der Waals surface area contributed by atoms with Crippen LogP contribution in [0.3, 0.4) is 0 Å². The number of hydrogen-bond donors (Lipinski definition) is 1. The first-order valence-electron chi connectivity index (χ1n) is 7.32. The van der Waals surface area contributed by atoms with Crippen molar-refractivity contribution >= 4 is 22.9 Å². The molecule has 0 saturated carbocycles. The molecule has 1 aromatic carbocycles. The van der Waals surface area contributed by atoms with E-state index >= 15 is 0 Å². The van der Waals surface area contributed by atoms with Gasteiger partial charge in [0.1, 0.15) is 4.99 Å². The van der Waals surface area contributed by atoms with Crippen molar-refractivity contribution in [2.45, 2.75) is 39.0 Å². The van der Waals surface area contributed by atoms with Gasteiger partial charge in [0.2, 0.25) is 0 Å². The number of thiocarbonyl (C=S) groups is 1. The normalized spacial score (nSPS) is 15.8. The van der Waals surface area contributed by atoms with E-state index in [0.29, 0.717) is 0 Å². The van der Waals surface area contributed by atoms with E-state index < -0.39 is 0 Å². The Kier molecular flexibility index (Phi) is 3.36. The quantitative estimate of drug-likeness (QED) is 0.857. The number of rotatable bonds is 2. The molecule has 2 aromatic rings. The van der Waals surface area contributed by atoms with Gasteiger partial charge in [-0.1, -0.05) is 38.2 Å². The first-order chi connectivity index (χ1) is 9.88. The summed E-state index contributed by atoms with van der Waals surface area (Å²) in [4.78, 5) is 0.749. The highest BCUT2D eigenvalue weighted by molar-refractivity contribution is 7.81. The van der Waals surface area contributed by atoms with Crippen LogP contribution in [-0.2, 0) is 18.9 Å². The maximum absolute atomic E-state index is 5.57. The van der Waals surface area contributed by atoms with Crippen LogP contribution in [0.15, 0.2) is 24.4 Å². The lowest BCUT2D eigenvalue weighted by Crippen LogP contribution is -2.14. The molecular weight excluding hydrogens is 278 g/mol. The van der Waals surface area contributed by atoms with Crippen LogP contribution >= 0.6 is 12.2 Å². The monoisotopic (exact) mass is 299 g/mol. The topological polar surface area (TPSA) is 29.9 Å². The summed E-state index contributed by atoms with van der Waals surface area (Å²) in [6, 6.07) is 6.48. The van der Waals surface area contributed by atoms with Crippen LogP contribution in [0.4, 0.5) is 5.69 Å². The van der Waals surface area contributed by atoms with Crippen molar-refractivity contribution in [2.75, 3.05) is 5.32 Å².